The first-order valence-corrected chi connectivity index (χ1v) is 5.95. The van der Waals surface area contributed by atoms with Crippen molar-refractivity contribution >= 4 is 0 Å². The first-order valence-electron chi connectivity index (χ1n) is 5.95. The molecule has 1 aromatic carbocycles. The molecule has 1 saturated heterocycles. The minimum Gasteiger partial charge on any atom is -0.373 e. The Morgan fingerprint density at radius 1 is 1.33 bits per heavy atom. The largest absolute Gasteiger partial charge is 0.373 e. The normalized spacial score (nSPS) is 33.6. The van der Waals surface area contributed by atoms with Gasteiger partial charge in [0, 0.05) is 6.61 Å². The van der Waals surface area contributed by atoms with Crippen LogP contribution in [-0.2, 0) is 11.2 Å². The molecule has 1 fully saturated rings. The SMILES string of the molecule is Cc1ccc2c(c1)CC1CC(C)COC21. The maximum absolute atomic E-state index is 5.98. The summed E-state index contributed by atoms with van der Waals surface area (Å²) in [5.74, 6) is 1.48. The maximum Gasteiger partial charge on any atom is 0.0859 e. The zero-order chi connectivity index (χ0) is 10.4. The Kier molecular flexibility index (Phi) is 2.10. The lowest BCUT2D eigenvalue weighted by atomic mass is 9.89. The highest BCUT2D eigenvalue weighted by atomic mass is 16.5. The van der Waals surface area contributed by atoms with E-state index in [0.29, 0.717) is 6.10 Å². The molecule has 1 heteroatoms. The lowest BCUT2D eigenvalue weighted by Gasteiger charge is -2.30. The van der Waals surface area contributed by atoms with E-state index >= 15 is 0 Å². The summed E-state index contributed by atoms with van der Waals surface area (Å²) in [6.45, 7) is 5.41. The van der Waals surface area contributed by atoms with Crippen molar-refractivity contribution < 1.29 is 4.74 Å². The smallest absolute Gasteiger partial charge is 0.0859 e. The number of ether oxygens (including phenoxy) is 1. The number of fused-ring (bicyclic) bond motifs is 3. The van der Waals surface area contributed by atoms with Gasteiger partial charge in [0.15, 0.2) is 0 Å². The summed E-state index contributed by atoms with van der Waals surface area (Å²) in [6.07, 6.45) is 2.96. The Labute approximate surface area is 91.5 Å². The molecule has 0 aromatic heterocycles. The molecule has 0 N–H and O–H groups in total. The number of aryl methyl sites for hydroxylation is 1. The summed E-state index contributed by atoms with van der Waals surface area (Å²) < 4.78 is 5.98. The summed E-state index contributed by atoms with van der Waals surface area (Å²) in [6, 6.07) is 6.82. The van der Waals surface area contributed by atoms with E-state index in [9.17, 15) is 0 Å². The standard InChI is InChI=1S/C14H18O/c1-9-3-4-13-11(5-9)7-12-6-10(2)8-15-14(12)13/h3-5,10,12,14H,6-8H2,1-2H3. The van der Waals surface area contributed by atoms with Gasteiger partial charge in [0.2, 0.25) is 0 Å². The topological polar surface area (TPSA) is 9.23 Å². The molecule has 0 bridgehead atoms. The lowest BCUT2D eigenvalue weighted by molar-refractivity contribution is -0.0450. The predicted molar refractivity (Wildman–Crippen MR) is 60.8 cm³/mol. The molecule has 1 aliphatic carbocycles. The van der Waals surface area contributed by atoms with Crippen molar-refractivity contribution in [2.24, 2.45) is 11.8 Å². The molecule has 3 rings (SSSR count). The van der Waals surface area contributed by atoms with Crippen LogP contribution in [-0.4, -0.2) is 6.61 Å². The Hall–Kier alpha value is -0.820. The van der Waals surface area contributed by atoms with Gasteiger partial charge in [-0.1, -0.05) is 30.7 Å². The highest BCUT2D eigenvalue weighted by Crippen LogP contribution is 2.45. The van der Waals surface area contributed by atoms with Crippen molar-refractivity contribution in [1.29, 1.82) is 0 Å². The third-order valence-electron chi connectivity index (χ3n) is 3.78. The second-order valence-electron chi connectivity index (χ2n) is 5.26. The van der Waals surface area contributed by atoms with Crippen molar-refractivity contribution in [3.8, 4) is 0 Å². The van der Waals surface area contributed by atoms with Crippen LogP contribution in [0.25, 0.3) is 0 Å². The van der Waals surface area contributed by atoms with Crippen LogP contribution >= 0.6 is 0 Å². The molecule has 15 heavy (non-hydrogen) atoms. The molecule has 0 amide bonds. The van der Waals surface area contributed by atoms with Gasteiger partial charge in [-0.05, 0) is 42.7 Å². The van der Waals surface area contributed by atoms with Crippen molar-refractivity contribution in [3.05, 3.63) is 34.9 Å². The highest BCUT2D eigenvalue weighted by molar-refractivity contribution is 5.38. The van der Waals surface area contributed by atoms with Crippen molar-refractivity contribution in [2.45, 2.75) is 32.8 Å². The van der Waals surface area contributed by atoms with Crippen LogP contribution in [0.5, 0.6) is 0 Å². The Morgan fingerprint density at radius 3 is 3.07 bits per heavy atom. The van der Waals surface area contributed by atoms with Gasteiger partial charge in [-0.2, -0.15) is 0 Å². The second kappa shape index (κ2) is 3.34. The van der Waals surface area contributed by atoms with Crippen molar-refractivity contribution in [1.82, 2.24) is 0 Å². The number of hydrogen-bond donors (Lipinski definition) is 0. The third kappa shape index (κ3) is 1.50. The van der Waals surface area contributed by atoms with E-state index in [1.54, 1.807) is 0 Å². The van der Waals surface area contributed by atoms with Gasteiger partial charge in [0.25, 0.3) is 0 Å². The van der Waals surface area contributed by atoms with Crippen LogP contribution in [0.2, 0.25) is 0 Å². The lowest BCUT2D eigenvalue weighted by Crippen LogP contribution is -2.24. The summed E-state index contributed by atoms with van der Waals surface area (Å²) in [4.78, 5) is 0. The zero-order valence-corrected chi connectivity index (χ0v) is 9.49. The second-order valence-corrected chi connectivity index (χ2v) is 5.26. The monoisotopic (exact) mass is 202 g/mol. The average molecular weight is 202 g/mol. The van der Waals surface area contributed by atoms with E-state index in [-0.39, 0.29) is 0 Å². The molecular formula is C14H18O. The predicted octanol–water partition coefficient (Wildman–Crippen LogP) is 3.26. The van der Waals surface area contributed by atoms with E-state index in [1.807, 2.05) is 0 Å². The fourth-order valence-electron chi connectivity index (χ4n) is 3.12. The summed E-state index contributed by atoms with van der Waals surface area (Å²) in [5.41, 5.74) is 4.36. The van der Waals surface area contributed by atoms with E-state index in [2.05, 4.69) is 32.0 Å². The molecule has 0 saturated carbocycles. The van der Waals surface area contributed by atoms with E-state index in [0.717, 1.165) is 18.4 Å². The number of benzene rings is 1. The summed E-state index contributed by atoms with van der Waals surface area (Å²) in [7, 11) is 0. The first-order chi connectivity index (χ1) is 7.24. The summed E-state index contributed by atoms with van der Waals surface area (Å²) >= 11 is 0. The molecule has 3 unspecified atom stereocenters. The summed E-state index contributed by atoms with van der Waals surface area (Å²) in [5, 5.41) is 0. The van der Waals surface area contributed by atoms with Crippen LogP contribution in [0.1, 0.15) is 36.1 Å². The zero-order valence-electron chi connectivity index (χ0n) is 9.49. The maximum atomic E-state index is 5.98. The minimum atomic E-state index is 0.400. The quantitative estimate of drug-likeness (QED) is 0.627. The van der Waals surface area contributed by atoms with E-state index in [4.69, 9.17) is 4.74 Å². The Balaban J connectivity index is 1.95. The molecule has 80 valence electrons. The third-order valence-corrected chi connectivity index (χ3v) is 3.78. The van der Waals surface area contributed by atoms with Gasteiger partial charge >= 0.3 is 0 Å². The molecule has 2 aliphatic rings. The fourth-order valence-corrected chi connectivity index (χ4v) is 3.12. The number of hydrogen-bond acceptors (Lipinski definition) is 1. The van der Waals surface area contributed by atoms with Gasteiger partial charge in [-0.15, -0.1) is 0 Å². The van der Waals surface area contributed by atoms with Crippen LogP contribution in [0.15, 0.2) is 18.2 Å². The minimum absolute atomic E-state index is 0.400. The van der Waals surface area contributed by atoms with Gasteiger partial charge in [0.05, 0.1) is 6.10 Å². The van der Waals surface area contributed by atoms with Gasteiger partial charge in [-0.3, -0.25) is 0 Å². The molecule has 1 heterocycles. The molecule has 1 nitrogen and oxygen atoms in total. The van der Waals surface area contributed by atoms with Gasteiger partial charge in [0.1, 0.15) is 0 Å². The van der Waals surface area contributed by atoms with Gasteiger partial charge in [-0.25, -0.2) is 0 Å². The van der Waals surface area contributed by atoms with Crippen LogP contribution in [0, 0.1) is 18.8 Å². The van der Waals surface area contributed by atoms with Gasteiger partial charge < -0.3 is 4.74 Å². The molecule has 1 aliphatic heterocycles. The Morgan fingerprint density at radius 2 is 2.20 bits per heavy atom. The molecule has 0 spiro atoms. The molecular weight excluding hydrogens is 184 g/mol. The first kappa shape index (κ1) is 9.41. The van der Waals surface area contributed by atoms with Crippen molar-refractivity contribution in [2.75, 3.05) is 6.61 Å². The highest BCUT2D eigenvalue weighted by Gasteiger charge is 2.37. The fraction of sp³-hybridized carbons (Fsp3) is 0.571. The van der Waals surface area contributed by atoms with Crippen LogP contribution in [0.4, 0.5) is 0 Å². The Bertz CT molecular complexity index is 383. The van der Waals surface area contributed by atoms with E-state index < -0.39 is 0 Å². The van der Waals surface area contributed by atoms with Crippen LogP contribution in [0.3, 0.4) is 0 Å². The number of rotatable bonds is 0. The molecule has 1 aromatic rings. The van der Waals surface area contributed by atoms with Crippen molar-refractivity contribution in [3.63, 3.8) is 0 Å². The van der Waals surface area contributed by atoms with Crippen LogP contribution < -0.4 is 0 Å². The molecule has 0 radical (unpaired) electrons. The van der Waals surface area contributed by atoms with E-state index in [1.165, 1.54) is 29.5 Å². The molecule has 3 atom stereocenters. The average Bonchev–Trinajstić information content (AvgIpc) is 2.53.